The Hall–Kier alpha value is -2.27. The summed E-state index contributed by atoms with van der Waals surface area (Å²) in [5.41, 5.74) is 2.25. The van der Waals surface area contributed by atoms with Crippen molar-refractivity contribution in [1.29, 1.82) is 0 Å². The minimum atomic E-state index is 0.216. The van der Waals surface area contributed by atoms with Crippen molar-refractivity contribution in [2.24, 2.45) is 0 Å². The Morgan fingerprint density at radius 3 is 2.95 bits per heavy atom. The van der Waals surface area contributed by atoms with E-state index in [2.05, 4.69) is 23.3 Å². The highest BCUT2D eigenvalue weighted by molar-refractivity contribution is 5.54. The molecule has 1 aromatic heterocycles. The number of hydrogen-bond donors (Lipinski definition) is 1. The number of nitrogens with one attached hydrogen (secondary N) is 1. The van der Waals surface area contributed by atoms with E-state index in [0.29, 0.717) is 31.3 Å². The van der Waals surface area contributed by atoms with Gasteiger partial charge in [0, 0.05) is 25.0 Å². The van der Waals surface area contributed by atoms with E-state index in [9.17, 15) is 0 Å². The Bertz CT molecular complexity index is 614. The van der Waals surface area contributed by atoms with Crippen LogP contribution in [0.4, 0.5) is 0 Å². The van der Waals surface area contributed by atoms with Crippen molar-refractivity contribution in [1.82, 2.24) is 10.3 Å². The van der Waals surface area contributed by atoms with Crippen LogP contribution in [0.1, 0.15) is 24.1 Å². The molecule has 0 unspecified atom stereocenters. The third-order valence-corrected chi connectivity index (χ3v) is 3.68. The fourth-order valence-corrected chi connectivity index (χ4v) is 2.45. The van der Waals surface area contributed by atoms with Crippen molar-refractivity contribution in [3.8, 4) is 17.2 Å². The van der Waals surface area contributed by atoms with Gasteiger partial charge in [0.15, 0.2) is 11.5 Å². The van der Waals surface area contributed by atoms with Crippen molar-refractivity contribution < 1.29 is 14.2 Å². The lowest BCUT2D eigenvalue weighted by Gasteiger charge is -2.22. The average Bonchev–Trinajstić information content (AvgIpc) is 2.59. The lowest BCUT2D eigenvalue weighted by molar-refractivity contribution is 0.165. The highest BCUT2D eigenvalue weighted by Crippen LogP contribution is 2.40. The molecule has 5 heteroatoms. The quantitative estimate of drug-likeness (QED) is 0.920. The maximum absolute atomic E-state index is 5.66. The van der Waals surface area contributed by atoms with Crippen LogP contribution in [0, 0.1) is 0 Å². The van der Waals surface area contributed by atoms with Gasteiger partial charge in [-0.05, 0) is 36.2 Å². The summed E-state index contributed by atoms with van der Waals surface area (Å²) in [4.78, 5) is 4.15. The predicted molar refractivity (Wildman–Crippen MR) is 83.5 cm³/mol. The van der Waals surface area contributed by atoms with Crippen LogP contribution in [-0.4, -0.2) is 25.3 Å². The van der Waals surface area contributed by atoms with Crippen molar-refractivity contribution in [3.05, 3.63) is 47.8 Å². The monoisotopic (exact) mass is 300 g/mol. The highest BCUT2D eigenvalue weighted by atomic mass is 16.6. The molecule has 1 atom stereocenters. The molecule has 1 N–H and O–H groups in total. The Morgan fingerprint density at radius 2 is 2.18 bits per heavy atom. The van der Waals surface area contributed by atoms with Gasteiger partial charge in [0.25, 0.3) is 0 Å². The van der Waals surface area contributed by atoms with Gasteiger partial charge in [-0.25, -0.2) is 0 Å². The molecular formula is C17H20N2O3. The molecule has 3 rings (SSSR count). The van der Waals surface area contributed by atoms with Crippen LogP contribution in [0.3, 0.4) is 0 Å². The van der Waals surface area contributed by atoms with Crippen LogP contribution in [0.15, 0.2) is 36.7 Å². The van der Waals surface area contributed by atoms with Gasteiger partial charge >= 0.3 is 0 Å². The molecule has 1 aliphatic heterocycles. The molecule has 0 fully saturated rings. The molecule has 0 spiro atoms. The molecule has 116 valence electrons. The molecule has 1 aliphatic rings. The fourth-order valence-electron chi connectivity index (χ4n) is 2.45. The Balaban J connectivity index is 1.73. The van der Waals surface area contributed by atoms with Gasteiger partial charge < -0.3 is 19.5 Å². The zero-order valence-corrected chi connectivity index (χ0v) is 12.8. The second kappa shape index (κ2) is 6.66. The Morgan fingerprint density at radius 1 is 1.32 bits per heavy atom. The maximum Gasteiger partial charge on any atom is 0.203 e. The largest absolute Gasteiger partial charge is 0.493 e. The van der Waals surface area contributed by atoms with E-state index < -0.39 is 0 Å². The van der Waals surface area contributed by atoms with E-state index >= 15 is 0 Å². The number of fused-ring (bicyclic) bond motifs is 1. The minimum Gasteiger partial charge on any atom is -0.493 e. The second-order valence-corrected chi connectivity index (χ2v) is 5.21. The molecule has 0 radical (unpaired) electrons. The summed E-state index contributed by atoms with van der Waals surface area (Å²) in [5.74, 6) is 2.15. The molecule has 0 saturated heterocycles. The number of methoxy groups -OCH3 is 1. The summed E-state index contributed by atoms with van der Waals surface area (Å²) in [6.07, 6.45) is 3.66. The van der Waals surface area contributed by atoms with Gasteiger partial charge in [-0.3, -0.25) is 4.98 Å². The summed E-state index contributed by atoms with van der Waals surface area (Å²) < 4.78 is 16.7. The second-order valence-electron chi connectivity index (χ2n) is 5.21. The van der Waals surface area contributed by atoms with Crippen molar-refractivity contribution >= 4 is 0 Å². The topological polar surface area (TPSA) is 52.6 Å². The molecule has 22 heavy (non-hydrogen) atoms. The molecule has 0 amide bonds. The van der Waals surface area contributed by atoms with E-state index in [1.807, 2.05) is 24.4 Å². The maximum atomic E-state index is 5.66. The van der Waals surface area contributed by atoms with Crippen molar-refractivity contribution in [3.63, 3.8) is 0 Å². The Labute approximate surface area is 130 Å². The van der Waals surface area contributed by atoms with Gasteiger partial charge in [0.1, 0.15) is 13.2 Å². The van der Waals surface area contributed by atoms with E-state index in [0.717, 1.165) is 16.9 Å². The van der Waals surface area contributed by atoms with Crippen LogP contribution in [0.2, 0.25) is 0 Å². The van der Waals surface area contributed by atoms with E-state index in [-0.39, 0.29) is 6.04 Å². The number of benzene rings is 1. The summed E-state index contributed by atoms with van der Waals surface area (Å²) >= 11 is 0. The molecule has 5 nitrogen and oxygen atoms in total. The van der Waals surface area contributed by atoms with Crippen LogP contribution in [0.25, 0.3) is 0 Å². The SMILES string of the molecule is COc1cc(CN[C@H](C)c2cccnc2)cc2c1OCCO2. The van der Waals surface area contributed by atoms with Crippen molar-refractivity contribution in [2.45, 2.75) is 19.5 Å². The van der Waals surface area contributed by atoms with Gasteiger partial charge in [-0.15, -0.1) is 0 Å². The summed E-state index contributed by atoms with van der Waals surface area (Å²) in [6, 6.07) is 8.21. The fraction of sp³-hybridized carbons (Fsp3) is 0.353. The van der Waals surface area contributed by atoms with Crippen LogP contribution < -0.4 is 19.5 Å². The Kier molecular flexibility index (Phi) is 4.44. The molecule has 0 bridgehead atoms. The van der Waals surface area contributed by atoms with Gasteiger partial charge in [-0.1, -0.05) is 6.07 Å². The van der Waals surface area contributed by atoms with Crippen LogP contribution in [-0.2, 0) is 6.54 Å². The zero-order valence-electron chi connectivity index (χ0n) is 12.8. The van der Waals surface area contributed by atoms with Gasteiger partial charge in [0.05, 0.1) is 7.11 Å². The predicted octanol–water partition coefficient (Wildman–Crippen LogP) is 2.71. The van der Waals surface area contributed by atoms with Gasteiger partial charge in [0.2, 0.25) is 5.75 Å². The third kappa shape index (κ3) is 3.14. The number of ether oxygens (including phenoxy) is 3. The molecule has 0 aliphatic carbocycles. The molecule has 2 aromatic rings. The molecular weight excluding hydrogens is 280 g/mol. The summed E-state index contributed by atoms with van der Waals surface area (Å²) in [5, 5.41) is 3.48. The van der Waals surface area contributed by atoms with Crippen molar-refractivity contribution in [2.75, 3.05) is 20.3 Å². The summed E-state index contributed by atoms with van der Waals surface area (Å²) in [6.45, 7) is 3.95. The first-order valence-corrected chi connectivity index (χ1v) is 7.37. The highest BCUT2D eigenvalue weighted by Gasteiger charge is 2.18. The van der Waals surface area contributed by atoms with Crippen LogP contribution in [0.5, 0.6) is 17.2 Å². The lowest BCUT2D eigenvalue weighted by Crippen LogP contribution is -2.19. The summed E-state index contributed by atoms with van der Waals surface area (Å²) in [7, 11) is 1.64. The number of nitrogens with zero attached hydrogens (tertiary/aromatic N) is 1. The standard InChI is InChI=1S/C17H20N2O3/c1-12(14-4-3-5-18-11-14)19-10-13-8-15(20-2)17-16(9-13)21-6-7-22-17/h3-5,8-9,11-12,19H,6-7,10H2,1-2H3/t12-/m1/s1. The first kappa shape index (κ1) is 14.7. The number of hydrogen-bond acceptors (Lipinski definition) is 5. The number of rotatable bonds is 5. The normalized spacial score (nSPS) is 14.5. The third-order valence-electron chi connectivity index (χ3n) is 3.68. The first-order chi connectivity index (χ1) is 10.8. The number of pyridine rings is 1. The molecule has 0 saturated carbocycles. The van der Waals surface area contributed by atoms with Crippen LogP contribution >= 0.6 is 0 Å². The molecule has 1 aromatic carbocycles. The van der Waals surface area contributed by atoms with E-state index in [1.54, 1.807) is 13.3 Å². The first-order valence-electron chi connectivity index (χ1n) is 7.37. The van der Waals surface area contributed by atoms with Gasteiger partial charge in [-0.2, -0.15) is 0 Å². The van der Waals surface area contributed by atoms with E-state index in [1.165, 1.54) is 0 Å². The van der Waals surface area contributed by atoms with E-state index in [4.69, 9.17) is 14.2 Å². The molecule has 2 heterocycles. The zero-order chi connectivity index (χ0) is 15.4. The minimum absolute atomic E-state index is 0.216. The lowest BCUT2D eigenvalue weighted by atomic mass is 10.1. The number of aromatic nitrogens is 1. The smallest absolute Gasteiger partial charge is 0.203 e. The average molecular weight is 300 g/mol.